The SMILES string of the molecule is c1ccc2c(c1)oc1cnc(-c3ccncc3)cc12. The molecule has 0 bridgehead atoms. The zero-order chi connectivity index (χ0) is 12.7. The molecule has 3 heteroatoms. The molecule has 0 N–H and O–H groups in total. The molecule has 0 aliphatic carbocycles. The van der Waals surface area contributed by atoms with Gasteiger partial charge >= 0.3 is 0 Å². The van der Waals surface area contributed by atoms with Crippen LogP contribution < -0.4 is 0 Å². The molecular formula is C16H10N2O. The Labute approximate surface area is 109 Å². The summed E-state index contributed by atoms with van der Waals surface area (Å²) in [5.41, 5.74) is 3.70. The van der Waals surface area contributed by atoms with Crippen LogP contribution in [0.5, 0.6) is 0 Å². The van der Waals surface area contributed by atoms with Crippen molar-refractivity contribution in [1.29, 1.82) is 0 Å². The minimum Gasteiger partial charge on any atom is -0.454 e. The third-order valence-corrected chi connectivity index (χ3v) is 3.24. The van der Waals surface area contributed by atoms with E-state index < -0.39 is 0 Å². The Balaban J connectivity index is 2.03. The highest BCUT2D eigenvalue weighted by atomic mass is 16.3. The molecule has 3 nitrogen and oxygen atoms in total. The average Bonchev–Trinajstić information content (AvgIpc) is 2.86. The van der Waals surface area contributed by atoms with Crippen LogP contribution in [0.25, 0.3) is 33.2 Å². The molecule has 0 saturated carbocycles. The van der Waals surface area contributed by atoms with Crippen molar-refractivity contribution >= 4 is 21.9 Å². The summed E-state index contributed by atoms with van der Waals surface area (Å²) in [7, 11) is 0. The molecule has 3 heterocycles. The van der Waals surface area contributed by atoms with Gasteiger partial charge in [-0.3, -0.25) is 9.97 Å². The zero-order valence-corrected chi connectivity index (χ0v) is 10.1. The third kappa shape index (κ3) is 1.59. The van der Waals surface area contributed by atoms with Crippen molar-refractivity contribution in [3.63, 3.8) is 0 Å². The van der Waals surface area contributed by atoms with E-state index >= 15 is 0 Å². The molecule has 0 aliphatic rings. The molecule has 0 unspecified atom stereocenters. The van der Waals surface area contributed by atoms with Gasteiger partial charge in [0.1, 0.15) is 5.58 Å². The topological polar surface area (TPSA) is 38.9 Å². The summed E-state index contributed by atoms with van der Waals surface area (Å²) >= 11 is 0. The highest BCUT2D eigenvalue weighted by molar-refractivity contribution is 6.05. The fourth-order valence-electron chi connectivity index (χ4n) is 2.31. The monoisotopic (exact) mass is 246 g/mol. The predicted octanol–water partition coefficient (Wildman–Crippen LogP) is 4.04. The lowest BCUT2D eigenvalue weighted by atomic mass is 10.1. The molecule has 3 aromatic heterocycles. The van der Waals surface area contributed by atoms with E-state index in [0.717, 1.165) is 33.2 Å². The lowest BCUT2D eigenvalue weighted by Gasteiger charge is -1.99. The van der Waals surface area contributed by atoms with Crippen LogP contribution >= 0.6 is 0 Å². The molecule has 90 valence electrons. The number of rotatable bonds is 1. The number of benzene rings is 1. The van der Waals surface area contributed by atoms with Gasteiger partial charge < -0.3 is 4.42 Å². The summed E-state index contributed by atoms with van der Waals surface area (Å²) in [5, 5.41) is 2.22. The fraction of sp³-hybridized carbons (Fsp3) is 0. The molecule has 0 saturated heterocycles. The van der Waals surface area contributed by atoms with Crippen molar-refractivity contribution in [2.75, 3.05) is 0 Å². The molecule has 0 spiro atoms. The van der Waals surface area contributed by atoms with Gasteiger partial charge in [-0.2, -0.15) is 0 Å². The number of furan rings is 1. The van der Waals surface area contributed by atoms with E-state index in [4.69, 9.17) is 4.42 Å². The van der Waals surface area contributed by atoms with Crippen LogP contribution in [-0.2, 0) is 0 Å². The molecular weight excluding hydrogens is 236 g/mol. The number of fused-ring (bicyclic) bond motifs is 3. The molecule has 0 fully saturated rings. The molecule has 4 rings (SSSR count). The quantitative estimate of drug-likeness (QED) is 0.508. The lowest BCUT2D eigenvalue weighted by molar-refractivity contribution is 0.667. The van der Waals surface area contributed by atoms with Crippen LogP contribution in [0.3, 0.4) is 0 Å². The predicted molar refractivity (Wildman–Crippen MR) is 74.7 cm³/mol. The lowest BCUT2D eigenvalue weighted by Crippen LogP contribution is -1.82. The second-order valence-electron chi connectivity index (χ2n) is 4.40. The smallest absolute Gasteiger partial charge is 0.153 e. The van der Waals surface area contributed by atoms with Gasteiger partial charge in [0.25, 0.3) is 0 Å². The number of para-hydroxylation sites is 1. The summed E-state index contributed by atoms with van der Waals surface area (Å²) in [6, 6.07) is 14.0. The van der Waals surface area contributed by atoms with Crippen LogP contribution in [0, 0.1) is 0 Å². The maximum Gasteiger partial charge on any atom is 0.153 e. The molecule has 0 radical (unpaired) electrons. The Morgan fingerprint density at radius 2 is 1.68 bits per heavy atom. The first-order valence-corrected chi connectivity index (χ1v) is 6.09. The number of aromatic nitrogens is 2. The maximum absolute atomic E-state index is 5.77. The summed E-state index contributed by atoms with van der Waals surface area (Å²) in [5.74, 6) is 0. The van der Waals surface area contributed by atoms with E-state index in [1.54, 1.807) is 18.6 Å². The second kappa shape index (κ2) is 3.92. The molecule has 0 atom stereocenters. The number of pyridine rings is 2. The van der Waals surface area contributed by atoms with Crippen LogP contribution in [0.4, 0.5) is 0 Å². The first kappa shape index (κ1) is 10.3. The molecule has 4 aromatic rings. The van der Waals surface area contributed by atoms with Crippen LogP contribution in [0.15, 0.2) is 65.5 Å². The molecule has 0 amide bonds. The maximum atomic E-state index is 5.77. The van der Waals surface area contributed by atoms with Gasteiger partial charge in [-0.1, -0.05) is 18.2 Å². The van der Waals surface area contributed by atoms with Crippen LogP contribution in [-0.4, -0.2) is 9.97 Å². The third-order valence-electron chi connectivity index (χ3n) is 3.24. The van der Waals surface area contributed by atoms with E-state index in [2.05, 4.69) is 22.1 Å². The van der Waals surface area contributed by atoms with Crippen molar-refractivity contribution in [2.24, 2.45) is 0 Å². The number of hydrogen-bond acceptors (Lipinski definition) is 3. The van der Waals surface area contributed by atoms with E-state index in [-0.39, 0.29) is 0 Å². The Hall–Kier alpha value is -2.68. The van der Waals surface area contributed by atoms with E-state index in [0.29, 0.717) is 0 Å². The van der Waals surface area contributed by atoms with Crippen molar-refractivity contribution in [3.05, 3.63) is 61.1 Å². The summed E-state index contributed by atoms with van der Waals surface area (Å²) < 4.78 is 5.77. The molecule has 0 aliphatic heterocycles. The summed E-state index contributed by atoms with van der Waals surface area (Å²) in [6.45, 7) is 0. The summed E-state index contributed by atoms with van der Waals surface area (Å²) in [4.78, 5) is 8.48. The zero-order valence-electron chi connectivity index (χ0n) is 10.1. The summed E-state index contributed by atoms with van der Waals surface area (Å²) in [6.07, 6.45) is 5.33. The Kier molecular flexibility index (Phi) is 2.12. The first-order chi connectivity index (χ1) is 9.42. The van der Waals surface area contributed by atoms with Gasteiger partial charge in [-0.15, -0.1) is 0 Å². The van der Waals surface area contributed by atoms with Gasteiger partial charge in [0, 0.05) is 28.7 Å². The van der Waals surface area contributed by atoms with Crippen LogP contribution in [0.1, 0.15) is 0 Å². The van der Waals surface area contributed by atoms with Gasteiger partial charge in [0.2, 0.25) is 0 Å². The normalized spacial score (nSPS) is 11.2. The van der Waals surface area contributed by atoms with Gasteiger partial charge in [-0.05, 0) is 24.3 Å². The Bertz CT molecular complexity index is 866. The largest absolute Gasteiger partial charge is 0.454 e. The standard InChI is InChI=1S/C16H10N2O/c1-2-4-15-12(3-1)13-9-14(18-10-16(13)19-15)11-5-7-17-8-6-11/h1-10H. The highest BCUT2D eigenvalue weighted by Crippen LogP contribution is 2.30. The minimum absolute atomic E-state index is 0.819. The van der Waals surface area contributed by atoms with Crippen molar-refractivity contribution in [1.82, 2.24) is 9.97 Å². The number of nitrogens with zero attached hydrogens (tertiary/aromatic N) is 2. The average molecular weight is 246 g/mol. The van der Waals surface area contributed by atoms with Gasteiger partial charge in [0.15, 0.2) is 5.58 Å². The Morgan fingerprint density at radius 1 is 0.842 bits per heavy atom. The molecule has 19 heavy (non-hydrogen) atoms. The van der Waals surface area contributed by atoms with Gasteiger partial charge in [0.05, 0.1) is 11.9 Å². The number of hydrogen-bond donors (Lipinski definition) is 0. The highest BCUT2D eigenvalue weighted by Gasteiger charge is 2.08. The van der Waals surface area contributed by atoms with E-state index in [9.17, 15) is 0 Å². The van der Waals surface area contributed by atoms with Crippen molar-refractivity contribution < 1.29 is 4.42 Å². The van der Waals surface area contributed by atoms with Crippen LogP contribution in [0.2, 0.25) is 0 Å². The molecule has 1 aromatic carbocycles. The van der Waals surface area contributed by atoms with E-state index in [1.165, 1.54) is 0 Å². The van der Waals surface area contributed by atoms with Crippen molar-refractivity contribution in [3.8, 4) is 11.3 Å². The van der Waals surface area contributed by atoms with E-state index in [1.807, 2.05) is 30.3 Å². The van der Waals surface area contributed by atoms with Crippen molar-refractivity contribution in [2.45, 2.75) is 0 Å². The van der Waals surface area contributed by atoms with Gasteiger partial charge in [-0.25, -0.2) is 0 Å². The first-order valence-electron chi connectivity index (χ1n) is 6.09. The minimum atomic E-state index is 0.819. The fourth-order valence-corrected chi connectivity index (χ4v) is 2.31. The Morgan fingerprint density at radius 3 is 2.58 bits per heavy atom. The second-order valence-corrected chi connectivity index (χ2v) is 4.40.